The Balaban J connectivity index is 2.47. The minimum atomic E-state index is -1.03. The average Bonchev–Trinajstić information content (AvgIpc) is 2.33. The van der Waals surface area contributed by atoms with Crippen molar-refractivity contribution in [1.82, 2.24) is 4.90 Å². The minimum Gasteiger partial charge on any atom is -0.481 e. The molecule has 0 aromatic heterocycles. The molecule has 1 rings (SSSR count). The molecule has 1 amide bonds. The molecule has 0 bridgehead atoms. The number of hydrogen-bond donors (Lipinski definition) is 2. The summed E-state index contributed by atoms with van der Waals surface area (Å²) >= 11 is 0. The number of aliphatic carboxylic acids is 1. The molecule has 5 nitrogen and oxygen atoms in total. The molecule has 1 aliphatic heterocycles. The highest BCUT2D eigenvalue weighted by atomic mass is 16.4. The average molecular weight is 159 g/mol. The van der Waals surface area contributed by atoms with Gasteiger partial charge in [0.05, 0.1) is 5.92 Å². The van der Waals surface area contributed by atoms with Gasteiger partial charge in [0.1, 0.15) is 0 Å². The molecule has 1 atom stereocenters. The van der Waals surface area contributed by atoms with Gasteiger partial charge >= 0.3 is 12.1 Å². The summed E-state index contributed by atoms with van der Waals surface area (Å²) in [6.45, 7) is 0.469. The van der Waals surface area contributed by atoms with Gasteiger partial charge in [0.2, 0.25) is 0 Å². The predicted octanol–water partition coefficient (Wildman–Crippen LogP) is 0.0709. The third-order valence-electron chi connectivity index (χ3n) is 1.81. The van der Waals surface area contributed by atoms with E-state index in [-0.39, 0.29) is 6.54 Å². The second-order valence-electron chi connectivity index (χ2n) is 2.55. The van der Waals surface area contributed by atoms with Crippen LogP contribution in [0.25, 0.3) is 0 Å². The van der Waals surface area contributed by atoms with Crippen LogP contribution in [0, 0.1) is 5.92 Å². The van der Waals surface area contributed by atoms with Crippen molar-refractivity contribution >= 4 is 12.1 Å². The first kappa shape index (κ1) is 7.84. The summed E-state index contributed by atoms with van der Waals surface area (Å²) < 4.78 is 0. The van der Waals surface area contributed by atoms with Crippen molar-refractivity contribution < 1.29 is 19.8 Å². The van der Waals surface area contributed by atoms with E-state index in [1.165, 1.54) is 0 Å². The second-order valence-corrected chi connectivity index (χ2v) is 2.55. The van der Waals surface area contributed by atoms with Crippen LogP contribution in [0.5, 0.6) is 0 Å². The molecule has 11 heavy (non-hydrogen) atoms. The number of rotatable bonds is 1. The summed E-state index contributed by atoms with van der Waals surface area (Å²) in [5.41, 5.74) is 0. The van der Waals surface area contributed by atoms with E-state index in [1.807, 2.05) is 0 Å². The lowest BCUT2D eigenvalue weighted by molar-refractivity contribution is -0.141. The van der Waals surface area contributed by atoms with Crippen LogP contribution in [-0.2, 0) is 4.79 Å². The molecular formula is C6H9NO4. The van der Waals surface area contributed by atoms with Gasteiger partial charge in [-0.1, -0.05) is 0 Å². The molecule has 2 N–H and O–H groups in total. The standard InChI is InChI=1S/C6H9NO4/c8-5(9)4-1-2-7(3-4)6(10)11/h4H,1-3H2,(H,8,9)(H,10,11). The summed E-state index contributed by atoms with van der Waals surface area (Å²) in [4.78, 5) is 21.8. The highest BCUT2D eigenvalue weighted by Gasteiger charge is 2.30. The van der Waals surface area contributed by atoms with Crippen molar-refractivity contribution in [2.24, 2.45) is 5.92 Å². The largest absolute Gasteiger partial charge is 0.481 e. The van der Waals surface area contributed by atoms with E-state index < -0.39 is 18.0 Å². The van der Waals surface area contributed by atoms with Crippen molar-refractivity contribution in [2.45, 2.75) is 6.42 Å². The van der Waals surface area contributed by atoms with E-state index in [0.29, 0.717) is 13.0 Å². The van der Waals surface area contributed by atoms with E-state index >= 15 is 0 Å². The number of carboxylic acids is 1. The Bertz CT molecular complexity index is 171. The molecule has 0 saturated carbocycles. The van der Waals surface area contributed by atoms with Crippen molar-refractivity contribution in [2.75, 3.05) is 13.1 Å². The molecule has 0 aromatic rings. The number of nitrogens with zero attached hydrogens (tertiary/aromatic N) is 1. The molecule has 0 spiro atoms. The van der Waals surface area contributed by atoms with Crippen molar-refractivity contribution in [3.05, 3.63) is 0 Å². The van der Waals surface area contributed by atoms with Crippen LogP contribution in [0.3, 0.4) is 0 Å². The quantitative estimate of drug-likeness (QED) is 0.567. The summed E-state index contributed by atoms with van der Waals surface area (Å²) in [6, 6.07) is 0. The van der Waals surface area contributed by atoms with Crippen LogP contribution in [0.1, 0.15) is 6.42 Å². The molecule has 5 heteroatoms. The Morgan fingerprint density at radius 2 is 2.00 bits per heavy atom. The number of carbonyl (C=O) groups is 2. The molecule has 0 aromatic carbocycles. The van der Waals surface area contributed by atoms with Gasteiger partial charge in [-0.25, -0.2) is 4.79 Å². The van der Waals surface area contributed by atoms with E-state index in [4.69, 9.17) is 10.2 Å². The fourth-order valence-corrected chi connectivity index (χ4v) is 1.14. The van der Waals surface area contributed by atoms with Gasteiger partial charge < -0.3 is 15.1 Å². The Kier molecular flexibility index (Phi) is 1.98. The molecule has 0 radical (unpaired) electrons. The first-order chi connectivity index (χ1) is 5.11. The van der Waals surface area contributed by atoms with Crippen LogP contribution in [-0.4, -0.2) is 40.3 Å². The molecular weight excluding hydrogens is 150 g/mol. The van der Waals surface area contributed by atoms with Gasteiger partial charge in [0.15, 0.2) is 0 Å². The fraction of sp³-hybridized carbons (Fsp3) is 0.667. The zero-order chi connectivity index (χ0) is 8.43. The maximum Gasteiger partial charge on any atom is 0.407 e. The second kappa shape index (κ2) is 2.77. The maximum atomic E-state index is 10.4. The van der Waals surface area contributed by atoms with E-state index in [0.717, 1.165) is 4.90 Å². The van der Waals surface area contributed by atoms with Crippen LogP contribution in [0.2, 0.25) is 0 Å². The van der Waals surface area contributed by atoms with Gasteiger partial charge in [-0.05, 0) is 6.42 Å². The van der Waals surface area contributed by atoms with Crippen LogP contribution < -0.4 is 0 Å². The Labute approximate surface area is 63.2 Å². The van der Waals surface area contributed by atoms with Crippen molar-refractivity contribution in [3.63, 3.8) is 0 Å². The minimum absolute atomic E-state index is 0.130. The van der Waals surface area contributed by atoms with Crippen molar-refractivity contribution in [1.29, 1.82) is 0 Å². The van der Waals surface area contributed by atoms with Crippen LogP contribution in [0.15, 0.2) is 0 Å². The zero-order valence-electron chi connectivity index (χ0n) is 5.86. The summed E-state index contributed by atoms with van der Waals surface area (Å²) in [7, 11) is 0. The third kappa shape index (κ3) is 1.60. The fourth-order valence-electron chi connectivity index (χ4n) is 1.14. The Morgan fingerprint density at radius 3 is 2.27 bits per heavy atom. The Morgan fingerprint density at radius 1 is 1.36 bits per heavy atom. The summed E-state index contributed by atoms with van der Waals surface area (Å²) in [5.74, 6) is -1.42. The molecule has 1 heterocycles. The first-order valence-electron chi connectivity index (χ1n) is 3.32. The molecule has 1 unspecified atom stereocenters. The van der Waals surface area contributed by atoms with Gasteiger partial charge in [0, 0.05) is 13.1 Å². The van der Waals surface area contributed by atoms with E-state index in [2.05, 4.69) is 0 Å². The van der Waals surface area contributed by atoms with Gasteiger partial charge in [0.25, 0.3) is 0 Å². The number of likely N-dealkylation sites (tertiary alicyclic amines) is 1. The van der Waals surface area contributed by atoms with Gasteiger partial charge in [-0.2, -0.15) is 0 Å². The highest BCUT2D eigenvalue weighted by Crippen LogP contribution is 2.15. The SMILES string of the molecule is O=C(O)C1CCN(C(=O)O)C1. The molecule has 62 valence electrons. The van der Waals surface area contributed by atoms with Crippen LogP contribution >= 0.6 is 0 Å². The number of hydrogen-bond acceptors (Lipinski definition) is 2. The first-order valence-corrected chi connectivity index (χ1v) is 3.32. The third-order valence-corrected chi connectivity index (χ3v) is 1.81. The lowest BCUT2D eigenvalue weighted by Gasteiger charge is -2.09. The number of carboxylic acid groups (broad SMARTS) is 2. The predicted molar refractivity (Wildman–Crippen MR) is 35.3 cm³/mol. The van der Waals surface area contributed by atoms with Crippen LogP contribution in [0.4, 0.5) is 4.79 Å². The Hall–Kier alpha value is -1.26. The number of amides is 1. The molecule has 0 aliphatic carbocycles. The van der Waals surface area contributed by atoms with Gasteiger partial charge in [-0.15, -0.1) is 0 Å². The maximum absolute atomic E-state index is 10.4. The summed E-state index contributed by atoms with van der Waals surface area (Å²) in [6.07, 6.45) is -0.601. The topological polar surface area (TPSA) is 77.8 Å². The van der Waals surface area contributed by atoms with Gasteiger partial charge in [-0.3, -0.25) is 4.79 Å². The molecule has 1 saturated heterocycles. The van der Waals surface area contributed by atoms with E-state index in [1.54, 1.807) is 0 Å². The van der Waals surface area contributed by atoms with Crippen molar-refractivity contribution in [3.8, 4) is 0 Å². The molecule has 1 aliphatic rings. The highest BCUT2D eigenvalue weighted by molar-refractivity contribution is 5.73. The lowest BCUT2D eigenvalue weighted by atomic mass is 10.1. The monoisotopic (exact) mass is 159 g/mol. The smallest absolute Gasteiger partial charge is 0.407 e. The van der Waals surface area contributed by atoms with E-state index in [9.17, 15) is 9.59 Å². The normalized spacial score (nSPS) is 23.6. The lowest BCUT2D eigenvalue weighted by Crippen LogP contribution is -2.28. The molecule has 1 fully saturated rings. The zero-order valence-corrected chi connectivity index (χ0v) is 5.86. The summed E-state index contributed by atoms with van der Waals surface area (Å²) in [5, 5.41) is 16.9.